The second-order valence-corrected chi connectivity index (χ2v) is 4.67. The Balaban J connectivity index is 1.89. The number of hydrogen-bond donors (Lipinski definition) is 1. The average Bonchev–Trinajstić information content (AvgIpc) is 2.40. The molecular weight excluding hydrogens is 214 g/mol. The van der Waals surface area contributed by atoms with E-state index in [4.69, 9.17) is 15.2 Å². The van der Waals surface area contributed by atoms with E-state index in [2.05, 4.69) is 12.1 Å². The smallest absolute Gasteiger partial charge is 0.118 e. The first-order chi connectivity index (χ1) is 8.29. The lowest BCUT2D eigenvalue weighted by molar-refractivity contribution is 0.0585. The summed E-state index contributed by atoms with van der Waals surface area (Å²) < 4.78 is 10.5. The molecule has 1 fully saturated rings. The van der Waals surface area contributed by atoms with Gasteiger partial charge in [-0.3, -0.25) is 0 Å². The van der Waals surface area contributed by atoms with Crippen molar-refractivity contribution in [2.45, 2.75) is 25.3 Å². The van der Waals surface area contributed by atoms with Gasteiger partial charge in [0.25, 0.3) is 0 Å². The number of rotatable bonds is 4. The number of nitrogens with two attached hydrogens (primary N) is 1. The van der Waals surface area contributed by atoms with Gasteiger partial charge in [-0.25, -0.2) is 0 Å². The van der Waals surface area contributed by atoms with E-state index < -0.39 is 0 Å². The first kappa shape index (κ1) is 12.4. The third-order valence-electron chi connectivity index (χ3n) is 3.50. The fourth-order valence-electron chi connectivity index (χ4n) is 2.34. The minimum Gasteiger partial charge on any atom is -0.497 e. The molecule has 0 bridgehead atoms. The molecule has 1 atom stereocenters. The molecule has 1 aliphatic rings. The van der Waals surface area contributed by atoms with Crippen LogP contribution in [0.25, 0.3) is 0 Å². The molecule has 0 aliphatic carbocycles. The Labute approximate surface area is 103 Å². The monoisotopic (exact) mass is 235 g/mol. The molecule has 1 saturated heterocycles. The Bertz CT molecular complexity index is 331. The Morgan fingerprint density at radius 2 is 1.94 bits per heavy atom. The van der Waals surface area contributed by atoms with Crippen LogP contribution in [-0.4, -0.2) is 26.4 Å². The molecule has 1 aromatic carbocycles. The molecule has 1 heterocycles. The second kappa shape index (κ2) is 6.03. The van der Waals surface area contributed by atoms with Crippen LogP contribution in [0.2, 0.25) is 0 Å². The fraction of sp³-hybridized carbons (Fsp3) is 0.571. The summed E-state index contributed by atoms with van der Waals surface area (Å²) in [4.78, 5) is 0. The van der Waals surface area contributed by atoms with Crippen LogP contribution < -0.4 is 10.5 Å². The highest BCUT2D eigenvalue weighted by molar-refractivity contribution is 5.27. The van der Waals surface area contributed by atoms with Gasteiger partial charge >= 0.3 is 0 Å². The predicted molar refractivity (Wildman–Crippen MR) is 68.2 cm³/mol. The molecule has 2 rings (SSSR count). The molecule has 0 spiro atoms. The molecule has 3 heteroatoms. The zero-order valence-corrected chi connectivity index (χ0v) is 10.4. The van der Waals surface area contributed by atoms with Gasteiger partial charge in [0, 0.05) is 19.3 Å². The summed E-state index contributed by atoms with van der Waals surface area (Å²) in [6, 6.07) is 8.42. The molecule has 1 unspecified atom stereocenters. The van der Waals surface area contributed by atoms with Gasteiger partial charge in [-0.2, -0.15) is 0 Å². The van der Waals surface area contributed by atoms with Crippen LogP contribution in [0.4, 0.5) is 0 Å². The molecule has 2 N–H and O–H groups in total. The predicted octanol–water partition coefficient (Wildman–Crippen LogP) is 1.99. The maximum atomic E-state index is 6.26. The largest absolute Gasteiger partial charge is 0.497 e. The minimum atomic E-state index is 0.243. The van der Waals surface area contributed by atoms with Crippen LogP contribution in [0, 0.1) is 5.92 Å². The highest BCUT2D eigenvalue weighted by Crippen LogP contribution is 2.21. The molecule has 0 saturated carbocycles. The van der Waals surface area contributed by atoms with E-state index in [0.717, 1.165) is 38.2 Å². The Morgan fingerprint density at radius 1 is 1.29 bits per heavy atom. The van der Waals surface area contributed by atoms with E-state index in [9.17, 15) is 0 Å². The highest BCUT2D eigenvalue weighted by Gasteiger charge is 2.20. The van der Waals surface area contributed by atoms with Gasteiger partial charge in [-0.1, -0.05) is 12.1 Å². The van der Waals surface area contributed by atoms with Crippen LogP contribution in [0.15, 0.2) is 24.3 Å². The Kier molecular flexibility index (Phi) is 4.40. The summed E-state index contributed by atoms with van der Waals surface area (Å²) in [5.41, 5.74) is 7.55. The van der Waals surface area contributed by atoms with Crippen molar-refractivity contribution in [2.75, 3.05) is 20.3 Å². The van der Waals surface area contributed by atoms with Crippen molar-refractivity contribution in [3.8, 4) is 5.75 Å². The van der Waals surface area contributed by atoms with E-state index in [1.54, 1.807) is 7.11 Å². The van der Waals surface area contributed by atoms with Crippen LogP contribution in [-0.2, 0) is 11.2 Å². The Morgan fingerprint density at radius 3 is 2.53 bits per heavy atom. The number of ether oxygens (including phenoxy) is 2. The van der Waals surface area contributed by atoms with Gasteiger partial charge in [0.05, 0.1) is 7.11 Å². The van der Waals surface area contributed by atoms with Gasteiger partial charge in [0.15, 0.2) is 0 Å². The maximum Gasteiger partial charge on any atom is 0.118 e. The zero-order valence-electron chi connectivity index (χ0n) is 10.4. The first-order valence-corrected chi connectivity index (χ1v) is 6.26. The van der Waals surface area contributed by atoms with E-state index in [-0.39, 0.29) is 6.04 Å². The first-order valence-electron chi connectivity index (χ1n) is 6.26. The summed E-state index contributed by atoms with van der Waals surface area (Å²) in [7, 11) is 1.68. The molecule has 0 aromatic heterocycles. The van der Waals surface area contributed by atoms with E-state index >= 15 is 0 Å². The van der Waals surface area contributed by atoms with Crippen molar-refractivity contribution < 1.29 is 9.47 Å². The van der Waals surface area contributed by atoms with Gasteiger partial charge in [0.1, 0.15) is 5.75 Å². The van der Waals surface area contributed by atoms with Gasteiger partial charge in [0.2, 0.25) is 0 Å². The Hall–Kier alpha value is -1.06. The minimum absolute atomic E-state index is 0.243. The lowest BCUT2D eigenvalue weighted by atomic mass is 9.88. The molecule has 17 heavy (non-hydrogen) atoms. The van der Waals surface area contributed by atoms with E-state index in [1.165, 1.54) is 5.56 Å². The second-order valence-electron chi connectivity index (χ2n) is 4.67. The molecule has 1 aromatic rings. The third kappa shape index (κ3) is 3.45. The number of benzene rings is 1. The van der Waals surface area contributed by atoms with Crippen molar-refractivity contribution in [3.63, 3.8) is 0 Å². The van der Waals surface area contributed by atoms with E-state index in [0.29, 0.717) is 5.92 Å². The molecular formula is C14H21NO2. The van der Waals surface area contributed by atoms with Gasteiger partial charge < -0.3 is 15.2 Å². The normalized spacial score (nSPS) is 18.9. The zero-order chi connectivity index (χ0) is 12.1. The summed E-state index contributed by atoms with van der Waals surface area (Å²) in [5.74, 6) is 1.50. The summed E-state index contributed by atoms with van der Waals surface area (Å²) in [5, 5.41) is 0. The number of methoxy groups -OCH3 is 1. The summed E-state index contributed by atoms with van der Waals surface area (Å²) >= 11 is 0. The topological polar surface area (TPSA) is 44.5 Å². The standard InChI is InChI=1S/C14H21NO2/c1-16-13-4-2-11(3-5-13)10-14(15)12-6-8-17-9-7-12/h2-5,12,14H,6-10,15H2,1H3. The SMILES string of the molecule is COc1ccc(CC(N)C2CCOCC2)cc1. The van der Waals surface area contributed by atoms with E-state index in [1.807, 2.05) is 12.1 Å². The van der Waals surface area contributed by atoms with Crippen LogP contribution in [0.1, 0.15) is 18.4 Å². The van der Waals surface area contributed by atoms with Crippen molar-refractivity contribution >= 4 is 0 Å². The molecule has 0 amide bonds. The quantitative estimate of drug-likeness (QED) is 0.868. The van der Waals surface area contributed by atoms with Crippen molar-refractivity contribution in [1.82, 2.24) is 0 Å². The van der Waals surface area contributed by atoms with Crippen LogP contribution >= 0.6 is 0 Å². The van der Waals surface area contributed by atoms with Crippen molar-refractivity contribution in [3.05, 3.63) is 29.8 Å². The maximum absolute atomic E-state index is 6.26. The van der Waals surface area contributed by atoms with Gasteiger partial charge in [-0.05, 0) is 42.9 Å². The van der Waals surface area contributed by atoms with Crippen LogP contribution in [0.5, 0.6) is 5.75 Å². The molecule has 3 nitrogen and oxygen atoms in total. The summed E-state index contributed by atoms with van der Waals surface area (Å²) in [6.45, 7) is 1.72. The fourth-order valence-corrected chi connectivity index (χ4v) is 2.34. The average molecular weight is 235 g/mol. The van der Waals surface area contributed by atoms with Crippen molar-refractivity contribution in [1.29, 1.82) is 0 Å². The molecule has 0 radical (unpaired) electrons. The van der Waals surface area contributed by atoms with Gasteiger partial charge in [-0.15, -0.1) is 0 Å². The molecule has 94 valence electrons. The summed E-state index contributed by atoms with van der Waals surface area (Å²) in [6.07, 6.45) is 3.13. The lowest BCUT2D eigenvalue weighted by Crippen LogP contribution is -2.35. The third-order valence-corrected chi connectivity index (χ3v) is 3.50. The lowest BCUT2D eigenvalue weighted by Gasteiger charge is -2.27. The number of hydrogen-bond acceptors (Lipinski definition) is 3. The molecule has 1 aliphatic heterocycles. The van der Waals surface area contributed by atoms with Crippen LogP contribution in [0.3, 0.4) is 0 Å². The van der Waals surface area contributed by atoms with Crippen molar-refractivity contribution in [2.24, 2.45) is 11.7 Å². The highest BCUT2D eigenvalue weighted by atomic mass is 16.5.